The normalized spacial score (nSPS) is 14.4. The van der Waals surface area contributed by atoms with Gasteiger partial charge in [-0.3, -0.25) is 0 Å². The maximum absolute atomic E-state index is 3.83. The molecule has 0 aromatic rings. The molecule has 0 nitrogen and oxygen atoms in total. The van der Waals surface area contributed by atoms with Gasteiger partial charge in [-0.25, -0.2) is 0 Å². The van der Waals surface area contributed by atoms with Crippen molar-refractivity contribution >= 4 is 0 Å². The van der Waals surface area contributed by atoms with Crippen molar-refractivity contribution in [1.29, 1.82) is 0 Å². The average molecular weight is 222 g/mol. The summed E-state index contributed by atoms with van der Waals surface area (Å²) in [5.41, 5.74) is 0. The Hall–Kier alpha value is -0.520. The summed E-state index contributed by atoms with van der Waals surface area (Å²) in [7, 11) is 0. The summed E-state index contributed by atoms with van der Waals surface area (Å²) >= 11 is 0. The number of unbranched alkanes of at least 4 members (excludes halogenated alkanes) is 2. The number of rotatable bonds is 11. The summed E-state index contributed by atoms with van der Waals surface area (Å²) in [5, 5.41) is 0. The van der Waals surface area contributed by atoms with Crippen molar-refractivity contribution in [2.45, 2.75) is 65.2 Å². The van der Waals surface area contributed by atoms with Gasteiger partial charge in [-0.2, -0.15) is 0 Å². The Labute approximate surface area is 103 Å². The summed E-state index contributed by atoms with van der Waals surface area (Å²) in [5.74, 6) is 1.75. The molecule has 0 rings (SSSR count). The van der Waals surface area contributed by atoms with Crippen LogP contribution in [0.1, 0.15) is 65.2 Å². The zero-order valence-electron chi connectivity index (χ0n) is 11.4. The molecule has 94 valence electrons. The van der Waals surface area contributed by atoms with Crippen LogP contribution in [0.3, 0.4) is 0 Å². The van der Waals surface area contributed by atoms with Gasteiger partial charge in [0.15, 0.2) is 0 Å². The molecule has 0 aromatic heterocycles. The highest BCUT2D eigenvalue weighted by Gasteiger charge is 2.11. The van der Waals surface area contributed by atoms with Crippen molar-refractivity contribution in [3.8, 4) is 0 Å². The third kappa shape index (κ3) is 8.76. The van der Waals surface area contributed by atoms with Crippen LogP contribution in [0.4, 0.5) is 0 Å². The molecule has 16 heavy (non-hydrogen) atoms. The van der Waals surface area contributed by atoms with Gasteiger partial charge in [0.2, 0.25) is 0 Å². The second-order valence-electron chi connectivity index (χ2n) is 5.09. The zero-order valence-corrected chi connectivity index (χ0v) is 11.4. The second kappa shape index (κ2) is 11.0. The van der Waals surface area contributed by atoms with Crippen molar-refractivity contribution < 1.29 is 0 Å². The van der Waals surface area contributed by atoms with E-state index in [1.54, 1.807) is 0 Å². The van der Waals surface area contributed by atoms with Gasteiger partial charge in [0.05, 0.1) is 0 Å². The SMILES string of the molecule is C=CCCCCC(CCC)CC(C)CC=C. The molecule has 0 N–H and O–H groups in total. The van der Waals surface area contributed by atoms with Gasteiger partial charge in [0, 0.05) is 0 Å². The molecule has 0 heteroatoms. The Bertz CT molecular complexity index is 169. The summed E-state index contributed by atoms with van der Waals surface area (Å²) in [6, 6.07) is 0. The van der Waals surface area contributed by atoms with E-state index in [2.05, 4.69) is 33.1 Å². The highest BCUT2D eigenvalue weighted by Crippen LogP contribution is 2.25. The van der Waals surface area contributed by atoms with Crippen molar-refractivity contribution in [3.63, 3.8) is 0 Å². The third-order valence-corrected chi connectivity index (χ3v) is 3.27. The summed E-state index contributed by atoms with van der Waals surface area (Å²) in [6.45, 7) is 12.3. The predicted molar refractivity (Wildman–Crippen MR) is 75.7 cm³/mol. The molecule has 2 unspecified atom stereocenters. The van der Waals surface area contributed by atoms with Crippen molar-refractivity contribution in [1.82, 2.24) is 0 Å². The highest BCUT2D eigenvalue weighted by molar-refractivity contribution is 4.73. The smallest absolute Gasteiger partial charge is 0.0327 e. The van der Waals surface area contributed by atoms with E-state index in [1.807, 2.05) is 6.08 Å². The fourth-order valence-electron chi connectivity index (χ4n) is 2.46. The lowest BCUT2D eigenvalue weighted by atomic mass is 9.86. The first-order chi connectivity index (χ1) is 7.74. The minimum Gasteiger partial charge on any atom is -0.103 e. The van der Waals surface area contributed by atoms with Crippen LogP contribution >= 0.6 is 0 Å². The van der Waals surface area contributed by atoms with Crippen molar-refractivity contribution in [3.05, 3.63) is 25.3 Å². The molecule has 0 bridgehead atoms. The Morgan fingerprint density at radius 2 is 1.81 bits per heavy atom. The Kier molecular flexibility index (Phi) is 10.6. The zero-order chi connectivity index (χ0) is 12.2. The molecule has 0 radical (unpaired) electrons. The molecule has 0 aliphatic heterocycles. The molecule has 0 amide bonds. The quantitative estimate of drug-likeness (QED) is 0.308. The third-order valence-electron chi connectivity index (χ3n) is 3.27. The van der Waals surface area contributed by atoms with Crippen LogP contribution in [0.5, 0.6) is 0 Å². The van der Waals surface area contributed by atoms with Crippen LogP contribution in [0.2, 0.25) is 0 Å². The molecule has 0 saturated carbocycles. The minimum atomic E-state index is 0.813. The lowest BCUT2D eigenvalue weighted by Gasteiger charge is -2.19. The number of hydrogen-bond donors (Lipinski definition) is 0. The number of allylic oxidation sites excluding steroid dienone is 2. The van der Waals surface area contributed by atoms with Crippen molar-refractivity contribution in [2.24, 2.45) is 11.8 Å². The molecule has 0 heterocycles. The highest BCUT2D eigenvalue weighted by atomic mass is 14.2. The first-order valence-corrected chi connectivity index (χ1v) is 6.96. The fraction of sp³-hybridized carbons (Fsp3) is 0.750. The first-order valence-electron chi connectivity index (χ1n) is 6.96. The molecular weight excluding hydrogens is 192 g/mol. The second-order valence-corrected chi connectivity index (χ2v) is 5.09. The van der Waals surface area contributed by atoms with Crippen LogP contribution in [0.15, 0.2) is 25.3 Å². The van der Waals surface area contributed by atoms with Crippen LogP contribution in [0.25, 0.3) is 0 Å². The maximum Gasteiger partial charge on any atom is -0.0327 e. The van der Waals surface area contributed by atoms with Gasteiger partial charge in [-0.05, 0) is 37.5 Å². The van der Waals surface area contributed by atoms with Crippen molar-refractivity contribution in [2.75, 3.05) is 0 Å². The Balaban J connectivity index is 3.76. The summed E-state index contributed by atoms with van der Waals surface area (Å²) in [4.78, 5) is 0. The van der Waals surface area contributed by atoms with Gasteiger partial charge < -0.3 is 0 Å². The van der Waals surface area contributed by atoms with E-state index in [0.717, 1.165) is 11.8 Å². The average Bonchev–Trinajstić information content (AvgIpc) is 2.25. The van der Waals surface area contributed by atoms with Crippen LogP contribution in [-0.4, -0.2) is 0 Å². The van der Waals surface area contributed by atoms with Gasteiger partial charge in [-0.1, -0.05) is 51.7 Å². The minimum absolute atomic E-state index is 0.813. The maximum atomic E-state index is 3.83. The van der Waals surface area contributed by atoms with E-state index < -0.39 is 0 Å². The lowest BCUT2D eigenvalue weighted by Crippen LogP contribution is -2.06. The van der Waals surface area contributed by atoms with Crippen LogP contribution in [-0.2, 0) is 0 Å². The van der Waals surface area contributed by atoms with E-state index in [-0.39, 0.29) is 0 Å². The van der Waals surface area contributed by atoms with E-state index in [1.165, 1.54) is 51.4 Å². The van der Waals surface area contributed by atoms with E-state index in [0.29, 0.717) is 0 Å². The lowest BCUT2D eigenvalue weighted by molar-refractivity contribution is 0.339. The Morgan fingerprint density at radius 3 is 2.38 bits per heavy atom. The summed E-state index contributed by atoms with van der Waals surface area (Å²) < 4.78 is 0. The largest absolute Gasteiger partial charge is 0.103 e. The monoisotopic (exact) mass is 222 g/mol. The van der Waals surface area contributed by atoms with Gasteiger partial charge in [0.25, 0.3) is 0 Å². The standard InChI is InChI=1S/C16H30/c1-5-8-9-10-13-16(12-7-3)14-15(4)11-6-2/h5-6,15-16H,1-2,7-14H2,3-4H3. The topological polar surface area (TPSA) is 0 Å². The van der Waals surface area contributed by atoms with Crippen LogP contribution < -0.4 is 0 Å². The van der Waals surface area contributed by atoms with E-state index in [9.17, 15) is 0 Å². The molecule has 0 aliphatic rings. The first kappa shape index (κ1) is 15.5. The summed E-state index contributed by atoms with van der Waals surface area (Å²) in [6.07, 6.45) is 14.7. The van der Waals surface area contributed by atoms with Gasteiger partial charge >= 0.3 is 0 Å². The molecule has 0 aliphatic carbocycles. The number of hydrogen-bond acceptors (Lipinski definition) is 0. The molecule has 0 saturated heterocycles. The van der Waals surface area contributed by atoms with Crippen LogP contribution in [0, 0.1) is 11.8 Å². The van der Waals surface area contributed by atoms with Gasteiger partial charge in [-0.15, -0.1) is 13.2 Å². The molecule has 0 spiro atoms. The Morgan fingerprint density at radius 1 is 1.06 bits per heavy atom. The molecular formula is C16H30. The van der Waals surface area contributed by atoms with E-state index in [4.69, 9.17) is 0 Å². The molecule has 0 fully saturated rings. The van der Waals surface area contributed by atoms with Gasteiger partial charge in [0.1, 0.15) is 0 Å². The molecule has 0 aromatic carbocycles. The fourth-order valence-corrected chi connectivity index (χ4v) is 2.46. The van der Waals surface area contributed by atoms with E-state index >= 15 is 0 Å². The molecule has 2 atom stereocenters. The predicted octanol–water partition coefficient (Wildman–Crippen LogP) is 5.75.